The Labute approximate surface area is 194 Å². The van der Waals surface area contributed by atoms with Crippen LogP contribution in [0, 0.1) is 0 Å². The Morgan fingerprint density at radius 1 is 0.938 bits per heavy atom. The number of carbonyl (C=O) groups is 1. The van der Waals surface area contributed by atoms with Crippen molar-refractivity contribution in [2.45, 2.75) is 18.1 Å². The van der Waals surface area contributed by atoms with Crippen molar-refractivity contribution in [3.63, 3.8) is 0 Å². The van der Waals surface area contributed by atoms with Crippen LogP contribution in [0.15, 0.2) is 77.7 Å². The number of anilines is 1. The third kappa shape index (κ3) is 4.82. The number of benzene rings is 3. The smallest absolute Gasteiger partial charge is 0.234 e. The molecule has 0 aliphatic carbocycles. The molecular weight excluding hydrogens is 444 g/mol. The first-order valence-corrected chi connectivity index (χ1v) is 11.5. The van der Waals surface area contributed by atoms with Gasteiger partial charge in [0.2, 0.25) is 5.91 Å². The number of ether oxygens (including phenoxy) is 2. The molecule has 3 aromatic carbocycles. The molecule has 1 aromatic heterocycles. The van der Waals surface area contributed by atoms with Crippen molar-refractivity contribution in [2.75, 3.05) is 11.1 Å². The van der Waals surface area contributed by atoms with Crippen molar-refractivity contribution in [2.24, 2.45) is 0 Å². The maximum atomic E-state index is 11.5. The molecule has 5 nitrogen and oxygen atoms in total. The molecule has 0 bridgehead atoms. The number of hydrogen-bond acceptors (Lipinski definition) is 5. The summed E-state index contributed by atoms with van der Waals surface area (Å²) in [7, 11) is 0. The van der Waals surface area contributed by atoms with E-state index in [2.05, 4.69) is 10.3 Å². The number of amides is 1. The van der Waals surface area contributed by atoms with Crippen LogP contribution >= 0.6 is 23.4 Å². The molecule has 1 amide bonds. The maximum Gasteiger partial charge on any atom is 0.234 e. The zero-order valence-electron chi connectivity index (χ0n) is 17.0. The number of nitrogens with one attached hydrogen (secondary N) is 1. The van der Waals surface area contributed by atoms with Gasteiger partial charge in [-0.2, -0.15) is 0 Å². The van der Waals surface area contributed by atoms with Crippen molar-refractivity contribution in [3.8, 4) is 11.5 Å². The molecule has 32 heavy (non-hydrogen) atoms. The van der Waals surface area contributed by atoms with Crippen molar-refractivity contribution < 1.29 is 14.3 Å². The van der Waals surface area contributed by atoms with E-state index in [0.29, 0.717) is 24.0 Å². The van der Waals surface area contributed by atoms with Crippen LogP contribution in [0.3, 0.4) is 0 Å². The largest absolute Gasteiger partial charge is 0.489 e. The number of aromatic nitrogens is 1. The van der Waals surface area contributed by atoms with Crippen molar-refractivity contribution in [3.05, 3.63) is 89.1 Å². The number of rotatable bonds is 6. The summed E-state index contributed by atoms with van der Waals surface area (Å²) in [6.07, 6.45) is 0. The van der Waals surface area contributed by atoms with Crippen LogP contribution in [-0.4, -0.2) is 16.6 Å². The quantitative estimate of drug-likeness (QED) is 0.375. The van der Waals surface area contributed by atoms with E-state index in [1.165, 1.54) is 11.8 Å². The number of hydrogen-bond donors (Lipinski definition) is 1. The summed E-state index contributed by atoms with van der Waals surface area (Å²) < 4.78 is 11.9. The SMILES string of the molecule is O=C1CSc2cc(OCc3cccc(OCc4ccc5ccc(Cl)cc5n4)c3)ccc2N1. The van der Waals surface area contributed by atoms with Gasteiger partial charge >= 0.3 is 0 Å². The molecule has 2 heterocycles. The van der Waals surface area contributed by atoms with Gasteiger partial charge in [0.15, 0.2) is 0 Å². The Hall–Kier alpha value is -3.22. The predicted octanol–water partition coefficient (Wildman–Crippen LogP) is 6.09. The maximum absolute atomic E-state index is 11.5. The van der Waals surface area contributed by atoms with E-state index in [0.717, 1.165) is 44.2 Å². The van der Waals surface area contributed by atoms with Crippen LogP contribution in [0.5, 0.6) is 11.5 Å². The topological polar surface area (TPSA) is 60.5 Å². The van der Waals surface area contributed by atoms with Gasteiger partial charge in [-0.25, -0.2) is 4.98 Å². The second-order valence-electron chi connectivity index (χ2n) is 7.36. The zero-order valence-corrected chi connectivity index (χ0v) is 18.6. The van der Waals surface area contributed by atoms with Gasteiger partial charge in [0, 0.05) is 15.3 Å². The molecule has 0 radical (unpaired) electrons. The summed E-state index contributed by atoms with van der Waals surface area (Å²) in [4.78, 5) is 17.1. The van der Waals surface area contributed by atoms with E-state index in [1.807, 2.05) is 72.8 Å². The van der Waals surface area contributed by atoms with Gasteiger partial charge in [0.25, 0.3) is 0 Å². The summed E-state index contributed by atoms with van der Waals surface area (Å²) in [5.41, 5.74) is 3.52. The number of carbonyl (C=O) groups excluding carboxylic acids is 1. The van der Waals surface area contributed by atoms with Gasteiger partial charge in [0.1, 0.15) is 24.7 Å². The Kier molecular flexibility index (Phi) is 5.88. The van der Waals surface area contributed by atoms with E-state index in [4.69, 9.17) is 21.1 Å². The fourth-order valence-corrected chi connectivity index (χ4v) is 4.41. The Balaban J connectivity index is 1.22. The minimum Gasteiger partial charge on any atom is -0.489 e. The minimum atomic E-state index is 0.0238. The zero-order chi connectivity index (χ0) is 21.9. The highest BCUT2D eigenvalue weighted by atomic mass is 35.5. The second-order valence-corrected chi connectivity index (χ2v) is 8.81. The van der Waals surface area contributed by atoms with Crippen LogP contribution in [0.25, 0.3) is 10.9 Å². The number of nitrogens with zero attached hydrogens (tertiary/aromatic N) is 1. The molecule has 1 aliphatic rings. The van der Waals surface area contributed by atoms with E-state index in [1.54, 1.807) is 0 Å². The lowest BCUT2D eigenvalue weighted by Crippen LogP contribution is -2.18. The van der Waals surface area contributed by atoms with Crippen molar-refractivity contribution in [1.29, 1.82) is 0 Å². The highest BCUT2D eigenvalue weighted by molar-refractivity contribution is 8.00. The lowest BCUT2D eigenvalue weighted by atomic mass is 10.2. The molecule has 0 saturated heterocycles. The van der Waals surface area contributed by atoms with Gasteiger partial charge < -0.3 is 14.8 Å². The molecule has 0 spiro atoms. The Morgan fingerprint density at radius 3 is 2.72 bits per heavy atom. The molecule has 0 saturated carbocycles. The summed E-state index contributed by atoms with van der Waals surface area (Å²) in [6.45, 7) is 0.778. The summed E-state index contributed by atoms with van der Waals surface area (Å²) in [5, 5.41) is 4.57. The van der Waals surface area contributed by atoms with Crippen LogP contribution in [0.4, 0.5) is 5.69 Å². The number of thioether (sulfide) groups is 1. The molecule has 7 heteroatoms. The third-order valence-corrected chi connectivity index (χ3v) is 6.28. The predicted molar refractivity (Wildman–Crippen MR) is 128 cm³/mol. The number of fused-ring (bicyclic) bond motifs is 2. The van der Waals surface area contributed by atoms with Gasteiger partial charge in [-0.05, 0) is 54.1 Å². The summed E-state index contributed by atoms with van der Waals surface area (Å²) in [5.74, 6) is 1.96. The van der Waals surface area contributed by atoms with Crippen LogP contribution in [-0.2, 0) is 18.0 Å². The lowest BCUT2D eigenvalue weighted by molar-refractivity contribution is -0.113. The van der Waals surface area contributed by atoms with Crippen molar-refractivity contribution >= 4 is 45.9 Å². The summed E-state index contributed by atoms with van der Waals surface area (Å²) >= 11 is 7.59. The van der Waals surface area contributed by atoms with Crippen LogP contribution in [0.2, 0.25) is 5.02 Å². The monoisotopic (exact) mass is 462 g/mol. The minimum absolute atomic E-state index is 0.0238. The molecular formula is C25H19ClN2O3S. The summed E-state index contributed by atoms with van der Waals surface area (Å²) in [6, 6.07) is 23.2. The molecule has 5 rings (SSSR count). The third-order valence-electron chi connectivity index (χ3n) is 4.99. The first-order valence-electron chi connectivity index (χ1n) is 10.1. The van der Waals surface area contributed by atoms with Crippen LogP contribution < -0.4 is 14.8 Å². The van der Waals surface area contributed by atoms with Gasteiger partial charge in [0.05, 0.1) is 22.7 Å². The number of halogens is 1. The fourth-order valence-electron chi connectivity index (χ4n) is 3.41. The van der Waals surface area contributed by atoms with Gasteiger partial charge in [-0.1, -0.05) is 35.9 Å². The van der Waals surface area contributed by atoms with E-state index < -0.39 is 0 Å². The van der Waals surface area contributed by atoms with E-state index in [-0.39, 0.29) is 5.91 Å². The normalized spacial score (nSPS) is 12.8. The highest BCUT2D eigenvalue weighted by Gasteiger charge is 2.15. The molecule has 4 aromatic rings. The fraction of sp³-hybridized carbons (Fsp3) is 0.120. The molecule has 0 atom stereocenters. The van der Waals surface area contributed by atoms with Crippen molar-refractivity contribution in [1.82, 2.24) is 4.98 Å². The Bertz CT molecular complexity index is 1310. The molecule has 1 N–H and O–H groups in total. The van der Waals surface area contributed by atoms with E-state index in [9.17, 15) is 4.79 Å². The van der Waals surface area contributed by atoms with E-state index >= 15 is 0 Å². The standard InChI is InChI=1S/C25H19ClN2O3S/c26-18-6-4-17-5-7-19(27-23(17)11-18)14-31-20-3-1-2-16(10-20)13-30-21-8-9-22-24(12-21)32-15-25(29)28-22/h1-12H,13-15H2,(H,28,29). The molecule has 1 aliphatic heterocycles. The van der Waals surface area contributed by atoms with Gasteiger partial charge in [-0.3, -0.25) is 4.79 Å². The Morgan fingerprint density at radius 2 is 1.78 bits per heavy atom. The average Bonchev–Trinajstić information content (AvgIpc) is 2.81. The van der Waals surface area contributed by atoms with Crippen LogP contribution in [0.1, 0.15) is 11.3 Å². The first-order chi connectivity index (χ1) is 15.6. The lowest BCUT2D eigenvalue weighted by Gasteiger charge is -2.17. The molecule has 160 valence electrons. The van der Waals surface area contributed by atoms with Gasteiger partial charge in [-0.15, -0.1) is 11.8 Å². The highest BCUT2D eigenvalue weighted by Crippen LogP contribution is 2.34. The number of pyridine rings is 1. The molecule has 0 fully saturated rings. The average molecular weight is 463 g/mol. The molecule has 0 unspecified atom stereocenters. The second kappa shape index (κ2) is 9.10. The first kappa shape index (κ1) is 20.7.